The molecule has 0 saturated carbocycles. The predicted molar refractivity (Wildman–Crippen MR) is 10.2 cm³/mol. The fourth-order valence-electron chi connectivity index (χ4n) is 0. The van der Waals surface area contributed by atoms with Crippen LogP contribution in [0.1, 0.15) is 0 Å². The van der Waals surface area contributed by atoms with Gasteiger partial charge < -0.3 is 0 Å². The minimum absolute atomic E-state index is 7.02. The number of hydrogen-bond acceptors (Lipinski definition) is 0. The van der Waals surface area contributed by atoms with E-state index in [2.05, 4.69) is 0 Å². The SMILES string of the molecule is F[Te](F)(F)F. The third-order valence-electron chi connectivity index (χ3n) is 0. The second-order valence-electron chi connectivity index (χ2n) is 0.350. The van der Waals surface area contributed by atoms with Crippen molar-refractivity contribution >= 4 is 20.5 Å². The van der Waals surface area contributed by atoms with Crippen LogP contribution < -0.4 is 0 Å². The van der Waals surface area contributed by atoms with E-state index in [-0.39, 0.29) is 0 Å². The predicted octanol–water partition coefficient (Wildman–Crippen LogP) is 1.30. The van der Waals surface area contributed by atoms with Crippen molar-refractivity contribution < 1.29 is 11.6 Å². The van der Waals surface area contributed by atoms with E-state index >= 15 is 0 Å². The molecule has 0 aliphatic rings. The van der Waals surface area contributed by atoms with Gasteiger partial charge in [0.15, 0.2) is 0 Å². The van der Waals surface area contributed by atoms with Gasteiger partial charge in [0.05, 0.1) is 0 Å². The van der Waals surface area contributed by atoms with Crippen LogP contribution >= 0.6 is 0 Å². The Balaban J connectivity index is 3.02. The van der Waals surface area contributed by atoms with Gasteiger partial charge >= 0.3 is 32.0 Å². The molecule has 0 aliphatic heterocycles. The molecule has 0 amide bonds. The third-order valence-corrected chi connectivity index (χ3v) is 0. The van der Waals surface area contributed by atoms with Crippen LogP contribution in [0, 0.1) is 0 Å². The first-order chi connectivity index (χ1) is 2.00. The molecule has 0 rings (SSSR count). The molecule has 0 unspecified atom stereocenters. The summed E-state index contributed by atoms with van der Waals surface area (Å²) in [6, 6.07) is 0. The first-order valence-electron chi connectivity index (χ1n) is 0.617. The minimum atomic E-state index is -7.02. The van der Waals surface area contributed by atoms with Crippen LogP contribution in [0.3, 0.4) is 0 Å². The van der Waals surface area contributed by atoms with E-state index in [9.17, 15) is 11.6 Å². The molecule has 0 aromatic heterocycles. The molecule has 0 heterocycles. The Morgan fingerprint density at radius 3 is 0.800 bits per heavy atom. The van der Waals surface area contributed by atoms with E-state index in [4.69, 9.17) is 0 Å². The van der Waals surface area contributed by atoms with E-state index in [1.165, 1.54) is 0 Å². The Bertz CT molecular complexity index is 19.1. The Hall–Kier alpha value is 0.510. The molecule has 0 aliphatic carbocycles. The van der Waals surface area contributed by atoms with E-state index < -0.39 is 20.5 Å². The fraction of sp³-hybridized carbons (Fsp3) is 0. The van der Waals surface area contributed by atoms with Crippen LogP contribution in [0.4, 0.5) is 11.6 Å². The van der Waals surface area contributed by atoms with E-state index in [1.54, 1.807) is 0 Å². The normalized spacial score (nSPS) is 15.2. The van der Waals surface area contributed by atoms with Crippen molar-refractivity contribution in [3.8, 4) is 0 Å². The van der Waals surface area contributed by atoms with Crippen molar-refractivity contribution in [3.63, 3.8) is 0 Å². The summed E-state index contributed by atoms with van der Waals surface area (Å²) < 4.78 is 39.5. The Morgan fingerprint density at radius 2 is 0.800 bits per heavy atom. The molecule has 0 atom stereocenters. The van der Waals surface area contributed by atoms with Gasteiger partial charge in [-0.25, -0.2) is 0 Å². The summed E-state index contributed by atoms with van der Waals surface area (Å²) in [5.74, 6) is 0. The monoisotopic (exact) mass is 206 g/mol. The van der Waals surface area contributed by atoms with Crippen molar-refractivity contribution in [3.05, 3.63) is 0 Å². The van der Waals surface area contributed by atoms with Crippen LogP contribution in [0.15, 0.2) is 0 Å². The Kier molecular flexibility index (Phi) is 1.44. The Labute approximate surface area is 32.7 Å². The molecule has 0 nitrogen and oxygen atoms in total. The number of hydrogen-bond donors (Lipinski definition) is 0. The second kappa shape index (κ2) is 1.31. The van der Waals surface area contributed by atoms with Crippen molar-refractivity contribution in [1.82, 2.24) is 0 Å². The maximum absolute atomic E-state index is 9.88. The van der Waals surface area contributed by atoms with Gasteiger partial charge in [0, 0.05) is 0 Å². The molecule has 0 saturated heterocycles. The average Bonchev–Trinajstić information content (AvgIpc) is 0.722. The summed E-state index contributed by atoms with van der Waals surface area (Å²) in [6.45, 7) is 0. The molecule has 0 N–H and O–H groups in total. The molecule has 0 aromatic rings. The first kappa shape index (κ1) is 5.51. The zero-order valence-corrected chi connectivity index (χ0v) is 4.25. The van der Waals surface area contributed by atoms with Crippen molar-refractivity contribution in [2.24, 2.45) is 0 Å². The van der Waals surface area contributed by atoms with Gasteiger partial charge in [-0.3, -0.25) is 0 Å². The van der Waals surface area contributed by atoms with E-state index in [0.717, 1.165) is 0 Å². The van der Waals surface area contributed by atoms with E-state index in [0.29, 0.717) is 0 Å². The average molecular weight is 204 g/mol. The van der Waals surface area contributed by atoms with Crippen LogP contribution in [-0.4, -0.2) is 20.5 Å². The van der Waals surface area contributed by atoms with Gasteiger partial charge in [-0.15, -0.1) is 0 Å². The summed E-state index contributed by atoms with van der Waals surface area (Å²) in [6.07, 6.45) is 0. The molecular weight excluding hydrogens is 204 g/mol. The van der Waals surface area contributed by atoms with Gasteiger partial charge in [-0.05, 0) is 0 Å². The molecule has 5 heteroatoms. The zero-order chi connectivity index (χ0) is 4.50. The van der Waals surface area contributed by atoms with Crippen LogP contribution in [0.2, 0.25) is 0 Å². The summed E-state index contributed by atoms with van der Waals surface area (Å²) >= 11 is -7.02. The first-order valence-corrected chi connectivity index (χ1v) is 4.14. The maximum atomic E-state index is 9.88. The fourth-order valence-corrected chi connectivity index (χ4v) is 0. The topological polar surface area (TPSA) is 0 Å². The molecule has 0 spiro atoms. The van der Waals surface area contributed by atoms with Crippen LogP contribution in [-0.2, 0) is 0 Å². The summed E-state index contributed by atoms with van der Waals surface area (Å²) in [5.41, 5.74) is 0. The number of halogens is 4. The molecule has 0 bridgehead atoms. The molecule has 0 fully saturated rings. The van der Waals surface area contributed by atoms with Crippen LogP contribution in [0.25, 0.3) is 0 Å². The van der Waals surface area contributed by atoms with Crippen molar-refractivity contribution in [2.45, 2.75) is 0 Å². The molecule has 34 valence electrons. The molecule has 0 aromatic carbocycles. The number of rotatable bonds is 0. The quantitative estimate of drug-likeness (QED) is 0.411. The van der Waals surface area contributed by atoms with Crippen molar-refractivity contribution in [1.29, 1.82) is 0 Å². The summed E-state index contributed by atoms with van der Waals surface area (Å²) in [7, 11) is 0. The zero-order valence-electron chi connectivity index (χ0n) is 1.92. The van der Waals surface area contributed by atoms with Gasteiger partial charge in [0.2, 0.25) is 0 Å². The van der Waals surface area contributed by atoms with Gasteiger partial charge in [-0.1, -0.05) is 0 Å². The third kappa shape index (κ3) is 109. The standard InChI is InChI=1S/F4Te/c1-5(2,3)4. The van der Waals surface area contributed by atoms with Gasteiger partial charge in [0.1, 0.15) is 0 Å². The molecular formula is F4Te. The summed E-state index contributed by atoms with van der Waals surface area (Å²) in [5, 5.41) is 0. The van der Waals surface area contributed by atoms with Gasteiger partial charge in [-0.2, -0.15) is 0 Å². The second-order valence-corrected chi connectivity index (χ2v) is 2.35. The van der Waals surface area contributed by atoms with Gasteiger partial charge in [0.25, 0.3) is 0 Å². The molecule has 0 radical (unpaired) electrons. The summed E-state index contributed by atoms with van der Waals surface area (Å²) in [4.78, 5) is 0. The van der Waals surface area contributed by atoms with Crippen molar-refractivity contribution in [2.75, 3.05) is 0 Å². The van der Waals surface area contributed by atoms with Crippen LogP contribution in [0.5, 0.6) is 0 Å². The molecule has 5 heavy (non-hydrogen) atoms. The van der Waals surface area contributed by atoms with E-state index in [1.807, 2.05) is 0 Å². The Morgan fingerprint density at radius 1 is 0.800 bits per heavy atom.